The summed E-state index contributed by atoms with van der Waals surface area (Å²) < 4.78 is 37.8. The molecule has 0 bridgehead atoms. The van der Waals surface area contributed by atoms with Gasteiger partial charge in [-0.1, -0.05) is 23.7 Å². The summed E-state index contributed by atoms with van der Waals surface area (Å²) in [6, 6.07) is 5.43. The van der Waals surface area contributed by atoms with Crippen LogP contribution in [0.4, 0.5) is 13.2 Å². The van der Waals surface area contributed by atoms with Crippen LogP contribution in [0.1, 0.15) is 15.9 Å². The number of aromatic carboxylic acids is 1. The van der Waals surface area contributed by atoms with E-state index in [4.69, 9.17) is 16.7 Å². The average Bonchev–Trinajstić information content (AvgIpc) is 2.38. The van der Waals surface area contributed by atoms with Crippen molar-refractivity contribution in [3.8, 4) is 11.3 Å². The summed E-state index contributed by atoms with van der Waals surface area (Å²) in [6.07, 6.45) is -4.49. The van der Waals surface area contributed by atoms with E-state index in [9.17, 15) is 18.0 Å². The summed E-state index contributed by atoms with van der Waals surface area (Å²) in [4.78, 5) is 10.9. The van der Waals surface area contributed by atoms with Crippen molar-refractivity contribution in [3.05, 3.63) is 46.6 Å². The molecule has 20 heavy (non-hydrogen) atoms. The molecule has 0 aliphatic heterocycles. The van der Waals surface area contributed by atoms with Crippen molar-refractivity contribution in [2.75, 3.05) is 0 Å². The number of hydrogen-bond donors (Lipinski definition) is 1. The number of aromatic nitrogens is 2. The van der Waals surface area contributed by atoms with Crippen LogP contribution >= 0.6 is 11.6 Å². The maximum atomic E-state index is 12.6. The lowest BCUT2D eigenvalue weighted by atomic mass is 10.1. The van der Waals surface area contributed by atoms with E-state index in [0.717, 1.165) is 18.2 Å². The molecule has 0 atom stereocenters. The van der Waals surface area contributed by atoms with Gasteiger partial charge in [-0.25, -0.2) is 4.79 Å². The van der Waals surface area contributed by atoms with Gasteiger partial charge >= 0.3 is 12.1 Å². The minimum Gasteiger partial charge on any atom is -0.478 e. The first-order valence-corrected chi connectivity index (χ1v) is 5.61. The maximum Gasteiger partial charge on any atom is 0.416 e. The van der Waals surface area contributed by atoms with Crippen molar-refractivity contribution in [3.63, 3.8) is 0 Å². The van der Waals surface area contributed by atoms with Crippen LogP contribution in [0.2, 0.25) is 5.15 Å². The third-order valence-electron chi connectivity index (χ3n) is 2.46. The summed E-state index contributed by atoms with van der Waals surface area (Å²) >= 11 is 5.55. The Morgan fingerprint density at radius 2 is 1.90 bits per heavy atom. The number of rotatable bonds is 2. The molecule has 2 rings (SSSR count). The fourth-order valence-corrected chi connectivity index (χ4v) is 1.70. The summed E-state index contributed by atoms with van der Waals surface area (Å²) in [6.45, 7) is 0. The molecular formula is C12H6ClF3N2O2. The number of carbonyl (C=O) groups is 1. The van der Waals surface area contributed by atoms with Crippen LogP contribution in [0, 0.1) is 0 Å². The van der Waals surface area contributed by atoms with E-state index < -0.39 is 17.7 Å². The molecule has 0 aliphatic rings. The van der Waals surface area contributed by atoms with Crippen LogP contribution in [-0.4, -0.2) is 21.3 Å². The van der Waals surface area contributed by atoms with Gasteiger partial charge in [-0.15, -0.1) is 10.2 Å². The third kappa shape index (κ3) is 2.88. The molecule has 0 unspecified atom stereocenters. The fraction of sp³-hybridized carbons (Fsp3) is 0.0833. The highest BCUT2D eigenvalue weighted by Crippen LogP contribution is 2.32. The molecule has 1 aromatic heterocycles. The molecule has 0 fully saturated rings. The van der Waals surface area contributed by atoms with E-state index in [-0.39, 0.29) is 22.0 Å². The highest BCUT2D eigenvalue weighted by atomic mass is 35.5. The van der Waals surface area contributed by atoms with E-state index in [1.807, 2.05) is 0 Å². The highest BCUT2D eigenvalue weighted by molar-refractivity contribution is 6.32. The summed E-state index contributed by atoms with van der Waals surface area (Å²) in [5.74, 6) is -1.34. The molecular weight excluding hydrogens is 297 g/mol. The zero-order chi connectivity index (χ0) is 14.9. The van der Waals surface area contributed by atoms with Gasteiger partial charge in [0.05, 0.1) is 11.3 Å². The number of carboxylic acid groups (broad SMARTS) is 1. The molecule has 4 nitrogen and oxygen atoms in total. The Hall–Kier alpha value is -2.15. The Morgan fingerprint density at radius 3 is 2.50 bits per heavy atom. The molecule has 1 heterocycles. The molecule has 0 saturated heterocycles. The molecule has 8 heteroatoms. The standard InChI is InChI=1S/C12H6ClF3N2O2/c13-10-8(11(19)20)5-9(17-18-10)6-2-1-3-7(4-6)12(14,15)16/h1-5H,(H,19,20). The van der Waals surface area contributed by atoms with E-state index >= 15 is 0 Å². The lowest BCUT2D eigenvalue weighted by Crippen LogP contribution is -2.05. The molecule has 0 radical (unpaired) electrons. The normalized spacial score (nSPS) is 11.4. The second-order valence-electron chi connectivity index (χ2n) is 3.82. The second-order valence-corrected chi connectivity index (χ2v) is 4.18. The first-order valence-electron chi connectivity index (χ1n) is 5.23. The Bertz CT molecular complexity index is 674. The van der Waals surface area contributed by atoms with Gasteiger partial charge in [0, 0.05) is 5.56 Å². The largest absolute Gasteiger partial charge is 0.478 e. The van der Waals surface area contributed by atoms with Crippen LogP contribution in [0.5, 0.6) is 0 Å². The van der Waals surface area contributed by atoms with Gasteiger partial charge in [-0.05, 0) is 18.2 Å². The Kier molecular flexibility index (Phi) is 3.63. The zero-order valence-corrected chi connectivity index (χ0v) is 10.4. The van der Waals surface area contributed by atoms with Gasteiger partial charge in [0.1, 0.15) is 5.56 Å². The molecule has 0 spiro atoms. The minimum absolute atomic E-state index is 0.00194. The van der Waals surface area contributed by atoms with E-state index in [1.165, 1.54) is 12.1 Å². The van der Waals surface area contributed by atoms with Crippen molar-refractivity contribution in [2.45, 2.75) is 6.18 Å². The Morgan fingerprint density at radius 1 is 1.20 bits per heavy atom. The highest BCUT2D eigenvalue weighted by Gasteiger charge is 2.30. The molecule has 2 aromatic rings. The number of alkyl halides is 3. The van der Waals surface area contributed by atoms with Crippen LogP contribution in [0.25, 0.3) is 11.3 Å². The van der Waals surface area contributed by atoms with Crippen molar-refractivity contribution in [1.29, 1.82) is 0 Å². The molecule has 1 N–H and O–H groups in total. The number of carboxylic acids is 1. The van der Waals surface area contributed by atoms with Crippen LogP contribution in [-0.2, 0) is 6.18 Å². The number of halogens is 4. The van der Waals surface area contributed by atoms with Gasteiger partial charge in [0.15, 0.2) is 5.15 Å². The quantitative estimate of drug-likeness (QED) is 0.922. The maximum absolute atomic E-state index is 12.6. The van der Waals surface area contributed by atoms with Gasteiger partial charge in [-0.2, -0.15) is 13.2 Å². The fourth-order valence-electron chi connectivity index (χ4n) is 1.52. The molecule has 1 aromatic carbocycles. The number of hydrogen-bond acceptors (Lipinski definition) is 3. The van der Waals surface area contributed by atoms with E-state index in [2.05, 4.69) is 10.2 Å². The Labute approximate surface area is 115 Å². The van der Waals surface area contributed by atoms with E-state index in [1.54, 1.807) is 0 Å². The van der Waals surface area contributed by atoms with Crippen molar-refractivity contribution < 1.29 is 23.1 Å². The smallest absolute Gasteiger partial charge is 0.416 e. The third-order valence-corrected chi connectivity index (χ3v) is 2.74. The first kappa shape index (κ1) is 14.3. The zero-order valence-electron chi connectivity index (χ0n) is 9.65. The predicted molar refractivity (Wildman–Crippen MR) is 64.4 cm³/mol. The molecule has 104 valence electrons. The number of benzene rings is 1. The topological polar surface area (TPSA) is 63.1 Å². The van der Waals surface area contributed by atoms with Gasteiger partial charge in [-0.3, -0.25) is 0 Å². The van der Waals surface area contributed by atoms with Crippen molar-refractivity contribution in [1.82, 2.24) is 10.2 Å². The SMILES string of the molecule is O=C(O)c1cc(-c2cccc(C(F)(F)F)c2)nnc1Cl. The minimum atomic E-state index is -4.49. The van der Waals surface area contributed by atoms with E-state index in [0.29, 0.717) is 0 Å². The molecule has 0 aliphatic carbocycles. The predicted octanol–water partition coefficient (Wildman–Crippen LogP) is 3.51. The van der Waals surface area contributed by atoms with Crippen molar-refractivity contribution in [2.24, 2.45) is 0 Å². The second kappa shape index (κ2) is 5.09. The lowest BCUT2D eigenvalue weighted by Gasteiger charge is -2.08. The summed E-state index contributed by atoms with van der Waals surface area (Å²) in [5.41, 5.74) is -1.08. The summed E-state index contributed by atoms with van der Waals surface area (Å²) in [7, 11) is 0. The van der Waals surface area contributed by atoms with Crippen molar-refractivity contribution >= 4 is 17.6 Å². The van der Waals surface area contributed by atoms with Gasteiger partial charge in [0.2, 0.25) is 0 Å². The summed E-state index contributed by atoms with van der Waals surface area (Å²) in [5, 5.41) is 15.6. The lowest BCUT2D eigenvalue weighted by molar-refractivity contribution is -0.137. The average molecular weight is 303 g/mol. The van der Waals surface area contributed by atoms with Gasteiger partial charge < -0.3 is 5.11 Å². The molecule has 0 amide bonds. The monoisotopic (exact) mass is 302 g/mol. The van der Waals surface area contributed by atoms with Crippen LogP contribution in [0.15, 0.2) is 30.3 Å². The Balaban J connectivity index is 2.52. The first-order chi connectivity index (χ1) is 9.29. The van der Waals surface area contributed by atoms with Gasteiger partial charge in [0.25, 0.3) is 0 Å². The van der Waals surface area contributed by atoms with Crippen LogP contribution in [0.3, 0.4) is 0 Å². The number of nitrogens with zero attached hydrogens (tertiary/aromatic N) is 2. The molecule has 0 saturated carbocycles. The van der Waals surface area contributed by atoms with Crippen LogP contribution < -0.4 is 0 Å².